The Morgan fingerprint density at radius 3 is 2.28 bits per heavy atom. The minimum Gasteiger partial charge on any atom is -0.399 e. The van der Waals surface area contributed by atoms with E-state index in [1.54, 1.807) is 0 Å². The average Bonchev–Trinajstić information content (AvgIpc) is 3.18. The Morgan fingerprint density at radius 1 is 0.906 bits per heavy atom. The fourth-order valence-electron chi connectivity index (χ4n) is 3.95. The number of ether oxygens (including phenoxy) is 1. The fourth-order valence-corrected chi connectivity index (χ4v) is 4.70. The van der Waals surface area contributed by atoms with E-state index in [2.05, 4.69) is 107 Å². The Hall–Kier alpha value is -1.86. The Kier molecular flexibility index (Phi) is 6.18. The van der Waals surface area contributed by atoms with Crippen molar-refractivity contribution >= 4 is 31.6 Å². The van der Waals surface area contributed by atoms with E-state index in [0.29, 0.717) is 6.73 Å². The van der Waals surface area contributed by atoms with Crippen molar-refractivity contribution in [3.63, 3.8) is 0 Å². The SMILES string of the molecule is CC1(C)OB(c2cccc(-c3cc4ccccc4n3COCC[Si](C)(C)C)c2)OC1(C)C. The fraction of sp³-hybridized carbons (Fsp3) is 0.462. The molecule has 1 aliphatic rings. The monoisotopic (exact) mass is 449 g/mol. The summed E-state index contributed by atoms with van der Waals surface area (Å²) < 4.78 is 21.0. The molecule has 0 N–H and O–H groups in total. The van der Waals surface area contributed by atoms with Crippen LogP contribution in [-0.2, 0) is 20.8 Å². The molecular formula is C26H36BNO3Si. The molecule has 170 valence electrons. The first kappa shape index (κ1) is 23.3. The van der Waals surface area contributed by atoms with E-state index in [4.69, 9.17) is 14.0 Å². The van der Waals surface area contributed by atoms with Crippen LogP contribution < -0.4 is 5.46 Å². The Bertz CT molecular complexity index is 1080. The van der Waals surface area contributed by atoms with Crippen molar-refractivity contribution in [3.8, 4) is 11.3 Å². The van der Waals surface area contributed by atoms with Gasteiger partial charge in [0, 0.05) is 20.1 Å². The highest BCUT2D eigenvalue weighted by Crippen LogP contribution is 2.37. The summed E-state index contributed by atoms with van der Waals surface area (Å²) in [6.45, 7) is 16.9. The molecule has 1 fully saturated rings. The first-order valence-electron chi connectivity index (χ1n) is 11.6. The van der Waals surface area contributed by atoms with Crippen molar-refractivity contribution < 1.29 is 14.0 Å². The zero-order valence-corrected chi connectivity index (χ0v) is 21.6. The van der Waals surface area contributed by atoms with E-state index in [1.807, 2.05) is 0 Å². The molecule has 0 bridgehead atoms. The maximum Gasteiger partial charge on any atom is 0.494 e. The Morgan fingerprint density at radius 2 is 1.59 bits per heavy atom. The van der Waals surface area contributed by atoms with Crippen molar-refractivity contribution in [2.75, 3.05) is 6.61 Å². The van der Waals surface area contributed by atoms with Crippen molar-refractivity contribution in [3.05, 3.63) is 54.6 Å². The van der Waals surface area contributed by atoms with Crippen LogP contribution in [0, 0.1) is 0 Å². The third kappa shape index (κ3) is 4.74. The largest absolute Gasteiger partial charge is 0.494 e. The standard InChI is InChI=1S/C26H36BNO3Si/c1-25(2)26(3,4)31-27(30-25)22-13-10-12-20(17-22)24-18-21-11-8-9-14-23(21)28(24)19-29-15-16-32(5,6)7/h8-14,17-18H,15-16,19H2,1-7H3. The highest BCUT2D eigenvalue weighted by atomic mass is 28.3. The smallest absolute Gasteiger partial charge is 0.399 e. The van der Waals surface area contributed by atoms with E-state index in [0.717, 1.165) is 23.3 Å². The van der Waals surface area contributed by atoms with Gasteiger partial charge in [-0.3, -0.25) is 0 Å². The number of nitrogens with zero attached hydrogens (tertiary/aromatic N) is 1. The normalized spacial score (nSPS) is 17.9. The first-order valence-corrected chi connectivity index (χ1v) is 15.3. The molecule has 0 radical (unpaired) electrons. The van der Waals surface area contributed by atoms with Crippen LogP contribution in [0.15, 0.2) is 54.6 Å². The molecule has 0 unspecified atom stereocenters. The molecule has 6 heteroatoms. The van der Waals surface area contributed by atoms with E-state index < -0.39 is 8.07 Å². The highest BCUT2D eigenvalue weighted by Gasteiger charge is 2.51. The number of rotatable bonds is 7. The Labute approximate surface area is 194 Å². The average molecular weight is 449 g/mol. The van der Waals surface area contributed by atoms with Gasteiger partial charge in [0.2, 0.25) is 0 Å². The lowest BCUT2D eigenvalue weighted by Gasteiger charge is -2.32. The van der Waals surface area contributed by atoms with Crippen LogP contribution in [0.1, 0.15) is 27.7 Å². The summed E-state index contributed by atoms with van der Waals surface area (Å²) in [5.41, 5.74) is 3.81. The van der Waals surface area contributed by atoms with Crippen LogP contribution in [0.2, 0.25) is 25.7 Å². The molecule has 3 aromatic rings. The highest BCUT2D eigenvalue weighted by molar-refractivity contribution is 6.76. The molecule has 4 rings (SSSR count). The minimum absolute atomic E-state index is 0.354. The van der Waals surface area contributed by atoms with Gasteiger partial charge >= 0.3 is 7.12 Å². The van der Waals surface area contributed by atoms with Gasteiger partial charge in [-0.05, 0) is 56.9 Å². The summed E-state index contributed by atoms with van der Waals surface area (Å²) in [5.74, 6) is 0. The van der Waals surface area contributed by atoms with Gasteiger partial charge in [0.1, 0.15) is 6.73 Å². The Balaban J connectivity index is 1.64. The van der Waals surface area contributed by atoms with Gasteiger partial charge in [0.05, 0.1) is 22.4 Å². The summed E-state index contributed by atoms with van der Waals surface area (Å²) in [6, 6.07) is 20.4. The molecule has 0 atom stereocenters. The second-order valence-electron chi connectivity index (χ2n) is 11.1. The molecule has 1 aliphatic heterocycles. The van der Waals surface area contributed by atoms with Gasteiger partial charge in [0.15, 0.2) is 0 Å². The molecule has 2 aromatic carbocycles. The summed E-state index contributed by atoms with van der Waals surface area (Å²) in [6.07, 6.45) is 0. The van der Waals surface area contributed by atoms with Gasteiger partial charge in [0.25, 0.3) is 0 Å². The number of benzene rings is 2. The molecule has 2 heterocycles. The second-order valence-corrected chi connectivity index (χ2v) is 16.7. The van der Waals surface area contributed by atoms with Gasteiger partial charge in [-0.25, -0.2) is 0 Å². The van der Waals surface area contributed by atoms with E-state index in [1.165, 1.54) is 16.9 Å². The predicted molar refractivity (Wildman–Crippen MR) is 137 cm³/mol. The molecule has 0 aliphatic carbocycles. The van der Waals surface area contributed by atoms with Crippen LogP contribution in [-0.4, -0.2) is 37.6 Å². The second kappa shape index (κ2) is 8.49. The maximum atomic E-state index is 6.29. The molecular weight excluding hydrogens is 413 g/mol. The quantitative estimate of drug-likeness (QED) is 0.332. The molecule has 32 heavy (non-hydrogen) atoms. The van der Waals surface area contributed by atoms with Crippen molar-refractivity contribution in [2.24, 2.45) is 0 Å². The third-order valence-corrected chi connectivity index (χ3v) is 8.44. The number of aromatic nitrogens is 1. The van der Waals surface area contributed by atoms with E-state index >= 15 is 0 Å². The summed E-state index contributed by atoms with van der Waals surface area (Å²) in [4.78, 5) is 0. The lowest BCUT2D eigenvalue weighted by atomic mass is 9.78. The zero-order valence-electron chi connectivity index (χ0n) is 20.6. The van der Waals surface area contributed by atoms with Crippen LogP contribution in [0.5, 0.6) is 0 Å². The van der Waals surface area contributed by atoms with Crippen LogP contribution in [0.4, 0.5) is 0 Å². The van der Waals surface area contributed by atoms with E-state index in [9.17, 15) is 0 Å². The van der Waals surface area contributed by atoms with E-state index in [-0.39, 0.29) is 18.3 Å². The van der Waals surface area contributed by atoms with Gasteiger partial charge in [-0.2, -0.15) is 0 Å². The predicted octanol–water partition coefficient (Wildman–Crippen LogP) is 5.92. The summed E-state index contributed by atoms with van der Waals surface area (Å²) in [7, 11) is -1.49. The maximum absolute atomic E-state index is 6.29. The molecule has 0 spiro atoms. The molecule has 4 nitrogen and oxygen atoms in total. The molecule has 0 saturated carbocycles. The van der Waals surface area contributed by atoms with Crippen molar-refractivity contribution in [1.82, 2.24) is 4.57 Å². The van der Waals surface area contributed by atoms with Crippen molar-refractivity contribution in [2.45, 2.75) is 71.3 Å². The van der Waals surface area contributed by atoms with Gasteiger partial charge in [-0.1, -0.05) is 62.1 Å². The molecule has 1 aromatic heterocycles. The van der Waals surface area contributed by atoms with Crippen LogP contribution >= 0.6 is 0 Å². The lowest BCUT2D eigenvalue weighted by molar-refractivity contribution is 0.00578. The zero-order chi connectivity index (χ0) is 23.1. The number of para-hydroxylation sites is 1. The number of hydrogen-bond donors (Lipinski definition) is 0. The lowest BCUT2D eigenvalue weighted by Crippen LogP contribution is -2.41. The topological polar surface area (TPSA) is 32.6 Å². The van der Waals surface area contributed by atoms with Crippen LogP contribution in [0.25, 0.3) is 22.2 Å². The summed E-state index contributed by atoms with van der Waals surface area (Å²) >= 11 is 0. The summed E-state index contributed by atoms with van der Waals surface area (Å²) in [5, 5.41) is 1.22. The molecule has 1 saturated heterocycles. The van der Waals surface area contributed by atoms with Crippen LogP contribution in [0.3, 0.4) is 0 Å². The minimum atomic E-state index is -1.12. The number of fused-ring (bicyclic) bond motifs is 1. The van der Waals surface area contributed by atoms with Gasteiger partial charge < -0.3 is 18.6 Å². The number of hydrogen-bond acceptors (Lipinski definition) is 3. The third-order valence-electron chi connectivity index (χ3n) is 6.74. The molecule has 0 amide bonds. The first-order chi connectivity index (χ1) is 15.0. The van der Waals surface area contributed by atoms with Gasteiger partial charge in [-0.15, -0.1) is 0 Å². The van der Waals surface area contributed by atoms with Crippen molar-refractivity contribution in [1.29, 1.82) is 0 Å².